The van der Waals surface area contributed by atoms with Crippen molar-refractivity contribution in [3.63, 3.8) is 0 Å². The van der Waals surface area contributed by atoms with Crippen molar-refractivity contribution in [2.75, 3.05) is 6.61 Å². The quantitative estimate of drug-likeness (QED) is 0.201. The number of carbonyl (C=O) groups is 4. The number of esters is 4. The van der Waals surface area contributed by atoms with Crippen molar-refractivity contribution in [2.45, 2.75) is 109 Å². The molecule has 1 aromatic rings. The lowest BCUT2D eigenvalue weighted by atomic mass is 9.44. The summed E-state index contributed by atoms with van der Waals surface area (Å²) in [7, 11) is 0. The fourth-order valence-electron chi connectivity index (χ4n) is 8.59. The highest BCUT2D eigenvalue weighted by Gasteiger charge is 2.79. The van der Waals surface area contributed by atoms with Crippen molar-refractivity contribution < 1.29 is 63.3 Å². The van der Waals surface area contributed by atoms with Gasteiger partial charge in [-0.15, -0.1) is 0 Å². The number of ether oxygens (including phenoxy) is 5. The average Bonchev–Trinajstić information content (AvgIpc) is 2.97. The maximum atomic E-state index is 13.9. The molecule has 4 aliphatic rings. The largest absolute Gasteiger partial charge is 0.455 e. The van der Waals surface area contributed by atoms with Gasteiger partial charge in [0, 0.05) is 38.0 Å². The summed E-state index contributed by atoms with van der Waals surface area (Å²) in [5.41, 5.74) is -7.48. The number of aliphatic hydroxyl groups excluding tert-OH is 3. The standard InChI is InChI=1S/C33H42O13/c1-15-22-24(44-17(3)35)26(38)31(7)20(37)13-21-32(14-42-21,46-18(4)36)25(31)28(45-29(40)19-11-9-8-10-12-19)33(41,30(22,5)6)27(39)23(15)43-16(2)34/h8-12,20-21,23-28,37-39,41H,13-14H2,1-7H3/t20-,21+,23+,24+,25?,26-,27-,28-,31+,32-,33+/m0/s1. The van der Waals surface area contributed by atoms with Crippen molar-refractivity contribution in [3.05, 3.63) is 47.0 Å². The third kappa shape index (κ3) is 4.69. The third-order valence-electron chi connectivity index (χ3n) is 10.8. The molecule has 13 nitrogen and oxygen atoms in total. The highest BCUT2D eigenvalue weighted by Crippen LogP contribution is 2.65. The monoisotopic (exact) mass is 646 g/mol. The molecule has 11 atom stereocenters. The zero-order valence-electron chi connectivity index (χ0n) is 26.9. The predicted octanol–water partition coefficient (Wildman–Crippen LogP) is 0.986. The van der Waals surface area contributed by atoms with Gasteiger partial charge < -0.3 is 44.1 Å². The van der Waals surface area contributed by atoms with E-state index >= 15 is 0 Å². The molecule has 1 aliphatic heterocycles. The van der Waals surface area contributed by atoms with Crippen molar-refractivity contribution in [1.29, 1.82) is 0 Å². The molecule has 2 bridgehead atoms. The molecule has 1 unspecified atom stereocenters. The Bertz CT molecular complexity index is 1450. The molecule has 1 aromatic carbocycles. The molecule has 0 spiro atoms. The van der Waals surface area contributed by atoms with E-state index in [0.29, 0.717) is 0 Å². The number of aliphatic hydroxyl groups is 4. The van der Waals surface area contributed by atoms with Gasteiger partial charge in [-0.25, -0.2) is 4.79 Å². The lowest BCUT2D eigenvalue weighted by Gasteiger charge is -2.69. The summed E-state index contributed by atoms with van der Waals surface area (Å²) in [5, 5.41) is 49.6. The van der Waals surface area contributed by atoms with Gasteiger partial charge >= 0.3 is 23.9 Å². The first-order valence-electron chi connectivity index (χ1n) is 15.2. The molecule has 13 heteroatoms. The second-order valence-corrected chi connectivity index (χ2v) is 13.6. The molecule has 0 amide bonds. The third-order valence-corrected chi connectivity index (χ3v) is 10.8. The van der Waals surface area contributed by atoms with Crippen molar-refractivity contribution in [2.24, 2.45) is 16.7 Å². The van der Waals surface area contributed by atoms with Crippen LogP contribution in [-0.2, 0) is 38.1 Å². The summed E-state index contributed by atoms with van der Waals surface area (Å²) in [6.45, 7) is 9.13. The Labute approximate surface area is 266 Å². The van der Waals surface area contributed by atoms with Gasteiger partial charge in [0.15, 0.2) is 17.8 Å². The Morgan fingerprint density at radius 3 is 1.96 bits per heavy atom. The normalized spacial score (nSPS) is 40.9. The summed E-state index contributed by atoms with van der Waals surface area (Å²) < 4.78 is 29.3. The minimum Gasteiger partial charge on any atom is -0.455 e. The molecular weight excluding hydrogens is 604 g/mol. The van der Waals surface area contributed by atoms with E-state index in [2.05, 4.69) is 0 Å². The smallest absolute Gasteiger partial charge is 0.338 e. The summed E-state index contributed by atoms with van der Waals surface area (Å²) >= 11 is 0. The Hall–Kier alpha value is -3.36. The molecule has 252 valence electrons. The van der Waals surface area contributed by atoms with Gasteiger partial charge in [-0.05, 0) is 30.2 Å². The highest BCUT2D eigenvalue weighted by molar-refractivity contribution is 5.89. The number of hydrogen-bond acceptors (Lipinski definition) is 13. The fraction of sp³-hybridized carbons (Fsp3) is 0.636. The Kier molecular flexibility index (Phi) is 8.43. The van der Waals surface area contributed by atoms with Crippen LogP contribution in [0.3, 0.4) is 0 Å². The van der Waals surface area contributed by atoms with E-state index in [0.717, 1.165) is 20.8 Å². The van der Waals surface area contributed by atoms with Crippen LogP contribution in [-0.4, -0.2) is 105 Å². The molecule has 5 rings (SSSR count). The zero-order chi connectivity index (χ0) is 34.1. The first-order valence-corrected chi connectivity index (χ1v) is 15.2. The zero-order valence-corrected chi connectivity index (χ0v) is 26.9. The van der Waals surface area contributed by atoms with E-state index in [1.807, 2.05) is 0 Å². The lowest BCUT2D eigenvalue weighted by Crippen LogP contribution is -2.84. The van der Waals surface area contributed by atoms with E-state index in [-0.39, 0.29) is 29.7 Å². The van der Waals surface area contributed by atoms with Gasteiger partial charge in [-0.1, -0.05) is 39.0 Å². The SMILES string of the molecule is CC(=O)O[C@@H]1C2=C(C)[C@@H](OC(C)=O)[C@H](O)[C@@](O)([C@@H](OC(=O)c3ccccc3)C3[C@@](C)([C@@H](O)C[C@H]4OC[C@@]34OC(C)=O)[C@H]1O)C2(C)C. The van der Waals surface area contributed by atoms with Gasteiger partial charge in [-0.3, -0.25) is 14.4 Å². The molecule has 0 aromatic heterocycles. The average molecular weight is 647 g/mol. The van der Waals surface area contributed by atoms with Gasteiger partial charge in [0.1, 0.15) is 30.0 Å². The van der Waals surface area contributed by atoms with Crippen LogP contribution in [0, 0.1) is 16.7 Å². The van der Waals surface area contributed by atoms with Gasteiger partial charge in [-0.2, -0.15) is 0 Å². The van der Waals surface area contributed by atoms with E-state index in [1.165, 1.54) is 39.8 Å². The first kappa shape index (κ1) is 34.0. The Morgan fingerprint density at radius 1 is 0.848 bits per heavy atom. The van der Waals surface area contributed by atoms with Crippen LogP contribution in [0.25, 0.3) is 0 Å². The molecule has 1 saturated heterocycles. The summed E-state index contributed by atoms with van der Waals surface area (Å²) in [6.07, 6.45) is -11.3. The topological polar surface area (TPSA) is 195 Å². The van der Waals surface area contributed by atoms with E-state index in [9.17, 15) is 39.6 Å². The van der Waals surface area contributed by atoms with E-state index in [1.54, 1.807) is 18.2 Å². The fourth-order valence-corrected chi connectivity index (χ4v) is 8.59. The minimum absolute atomic E-state index is 0.0825. The number of benzene rings is 1. The van der Waals surface area contributed by atoms with Crippen molar-refractivity contribution in [1.82, 2.24) is 0 Å². The molecule has 2 saturated carbocycles. The van der Waals surface area contributed by atoms with Crippen LogP contribution >= 0.6 is 0 Å². The van der Waals surface area contributed by atoms with Crippen LogP contribution < -0.4 is 0 Å². The molecule has 3 fully saturated rings. The summed E-state index contributed by atoms with van der Waals surface area (Å²) in [4.78, 5) is 51.5. The summed E-state index contributed by atoms with van der Waals surface area (Å²) in [5.74, 6) is -4.79. The maximum absolute atomic E-state index is 13.9. The van der Waals surface area contributed by atoms with Gasteiger partial charge in [0.25, 0.3) is 0 Å². The van der Waals surface area contributed by atoms with Crippen LogP contribution in [0.15, 0.2) is 41.5 Å². The van der Waals surface area contributed by atoms with Crippen LogP contribution in [0.1, 0.15) is 65.2 Å². The van der Waals surface area contributed by atoms with Crippen molar-refractivity contribution in [3.8, 4) is 0 Å². The minimum atomic E-state index is -2.60. The number of hydrogen-bond donors (Lipinski definition) is 4. The van der Waals surface area contributed by atoms with Gasteiger partial charge in [0.2, 0.25) is 0 Å². The van der Waals surface area contributed by atoms with Crippen LogP contribution in [0.4, 0.5) is 0 Å². The number of fused-ring (bicyclic) bond motifs is 5. The first-order chi connectivity index (χ1) is 21.3. The molecule has 0 radical (unpaired) electrons. The van der Waals surface area contributed by atoms with Gasteiger partial charge in [0.05, 0.1) is 24.2 Å². The second kappa shape index (κ2) is 11.4. The number of rotatable bonds is 5. The van der Waals surface area contributed by atoms with E-state index in [4.69, 9.17) is 23.7 Å². The van der Waals surface area contributed by atoms with E-state index < -0.39 is 94.6 Å². The number of carbonyl (C=O) groups excluding carboxylic acids is 4. The molecule has 3 aliphatic carbocycles. The second-order valence-electron chi connectivity index (χ2n) is 13.6. The highest BCUT2D eigenvalue weighted by atomic mass is 16.6. The maximum Gasteiger partial charge on any atom is 0.338 e. The Balaban J connectivity index is 1.89. The van der Waals surface area contributed by atoms with Crippen LogP contribution in [0.2, 0.25) is 0 Å². The molecule has 1 heterocycles. The summed E-state index contributed by atoms with van der Waals surface area (Å²) in [6, 6.07) is 7.84. The molecule has 46 heavy (non-hydrogen) atoms. The molecule has 4 N–H and O–H groups in total. The van der Waals surface area contributed by atoms with Crippen LogP contribution in [0.5, 0.6) is 0 Å². The Morgan fingerprint density at radius 2 is 1.43 bits per heavy atom. The lowest BCUT2D eigenvalue weighted by molar-refractivity contribution is -0.370. The predicted molar refractivity (Wildman–Crippen MR) is 157 cm³/mol. The van der Waals surface area contributed by atoms with Crippen molar-refractivity contribution >= 4 is 23.9 Å². The molecular formula is C33H42O13.